The fraction of sp³-hybridized carbons (Fsp3) is 0.333. The second kappa shape index (κ2) is 14.1. The lowest BCUT2D eigenvalue weighted by molar-refractivity contribution is -0.132. The predicted molar refractivity (Wildman–Crippen MR) is 138 cm³/mol. The third kappa shape index (κ3) is 9.22. The number of hydrogen-bond donors (Lipinski definition) is 8. The molecule has 198 valence electrons. The van der Waals surface area contributed by atoms with E-state index in [0.29, 0.717) is 17.5 Å². The smallest absolute Gasteiger partial charge is 0.245 e. The van der Waals surface area contributed by atoms with Crippen molar-refractivity contribution in [1.82, 2.24) is 15.6 Å². The molecule has 13 heteroatoms. The van der Waals surface area contributed by atoms with E-state index in [1.165, 1.54) is 0 Å². The zero-order valence-corrected chi connectivity index (χ0v) is 20.3. The zero-order valence-electron chi connectivity index (χ0n) is 20.3. The molecular weight excluding hydrogens is 478 g/mol. The molecule has 12 N–H and O–H groups in total. The standard InChI is InChI=1S/C24H33N9O4/c25-20(26)15-7-5-14(6-8-15)11-17(16-3-1-9-30-12-16)22(36)33-19(13-34)23(37)32-18(21(27)35)4-2-10-31-24(28)29/h1,3,5-9,12,17-19,34H,2,4,10-11,13H2,(H3,25,26)(H2,27,35)(H,32,37)(H,33,36)(H4,28,29,31)/t17-,18?,19-/m0/s1. The van der Waals surface area contributed by atoms with Crippen molar-refractivity contribution >= 4 is 29.5 Å². The molecule has 2 aromatic rings. The summed E-state index contributed by atoms with van der Waals surface area (Å²) in [6.07, 6.45) is 3.90. The van der Waals surface area contributed by atoms with Crippen LogP contribution >= 0.6 is 0 Å². The van der Waals surface area contributed by atoms with E-state index in [-0.39, 0.29) is 31.2 Å². The molecule has 0 bridgehead atoms. The highest BCUT2D eigenvalue weighted by Crippen LogP contribution is 2.21. The highest BCUT2D eigenvalue weighted by molar-refractivity contribution is 5.95. The molecule has 0 fully saturated rings. The molecule has 0 aliphatic rings. The van der Waals surface area contributed by atoms with Crippen LogP contribution in [0.5, 0.6) is 0 Å². The first kappa shape index (κ1) is 28.7. The molecule has 2 rings (SSSR count). The average Bonchev–Trinajstić information content (AvgIpc) is 2.87. The van der Waals surface area contributed by atoms with Gasteiger partial charge in [-0.15, -0.1) is 0 Å². The van der Waals surface area contributed by atoms with Gasteiger partial charge in [-0.1, -0.05) is 30.3 Å². The van der Waals surface area contributed by atoms with Crippen LogP contribution in [0, 0.1) is 5.41 Å². The maximum atomic E-state index is 13.3. The van der Waals surface area contributed by atoms with Crippen molar-refractivity contribution in [2.24, 2.45) is 27.9 Å². The Morgan fingerprint density at radius 3 is 2.22 bits per heavy atom. The van der Waals surface area contributed by atoms with Crippen molar-refractivity contribution in [2.45, 2.75) is 37.3 Å². The summed E-state index contributed by atoms with van der Waals surface area (Å²) in [5.74, 6) is -2.98. The molecule has 3 amide bonds. The van der Waals surface area contributed by atoms with Gasteiger partial charge in [-0.3, -0.25) is 29.8 Å². The first-order valence-corrected chi connectivity index (χ1v) is 11.5. The number of primary amides is 1. The number of amides is 3. The van der Waals surface area contributed by atoms with E-state index in [4.69, 9.17) is 28.3 Å². The van der Waals surface area contributed by atoms with Gasteiger partial charge in [0.15, 0.2) is 5.96 Å². The van der Waals surface area contributed by atoms with Crippen molar-refractivity contribution in [3.05, 3.63) is 65.5 Å². The molecule has 0 spiro atoms. The molecule has 0 aliphatic heterocycles. The number of hydrogen-bond acceptors (Lipinski definition) is 7. The van der Waals surface area contributed by atoms with Crippen molar-refractivity contribution < 1.29 is 19.5 Å². The third-order valence-corrected chi connectivity index (χ3v) is 5.53. The molecule has 1 heterocycles. The van der Waals surface area contributed by atoms with Gasteiger partial charge in [-0.25, -0.2) is 0 Å². The van der Waals surface area contributed by atoms with E-state index < -0.39 is 42.3 Å². The lowest BCUT2D eigenvalue weighted by Gasteiger charge is -2.23. The highest BCUT2D eigenvalue weighted by atomic mass is 16.3. The number of nitrogens with one attached hydrogen (secondary N) is 3. The first-order chi connectivity index (χ1) is 17.6. The first-order valence-electron chi connectivity index (χ1n) is 11.5. The van der Waals surface area contributed by atoms with Gasteiger partial charge < -0.3 is 38.7 Å². The summed E-state index contributed by atoms with van der Waals surface area (Å²) in [4.78, 5) is 45.7. The number of carbonyl (C=O) groups excluding carboxylic acids is 3. The topological polar surface area (TPSA) is 249 Å². The van der Waals surface area contributed by atoms with Crippen LogP contribution < -0.4 is 33.6 Å². The molecule has 37 heavy (non-hydrogen) atoms. The summed E-state index contributed by atoms with van der Waals surface area (Å²) in [5, 5.41) is 22.4. The van der Waals surface area contributed by atoms with E-state index in [9.17, 15) is 19.5 Å². The third-order valence-electron chi connectivity index (χ3n) is 5.53. The Hall–Kier alpha value is -4.52. The van der Waals surface area contributed by atoms with Crippen LogP contribution in [-0.4, -0.2) is 64.8 Å². The zero-order chi connectivity index (χ0) is 27.4. The Bertz CT molecular complexity index is 1100. The van der Waals surface area contributed by atoms with Crippen LogP contribution in [0.2, 0.25) is 0 Å². The number of pyridine rings is 1. The van der Waals surface area contributed by atoms with E-state index in [2.05, 4.69) is 20.6 Å². The van der Waals surface area contributed by atoms with Gasteiger partial charge in [0.1, 0.15) is 17.9 Å². The number of nitrogens with zero attached hydrogens (tertiary/aromatic N) is 2. The fourth-order valence-corrected chi connectivity index (χ4v) is 3.53. The van der Waals surface area contributed by atoms with Gasteiger partial charge in [0, 0.05) is 24.5 Å². The quantitative estimate of drug-likeness (QED) is 0.0813. The number of guanidine groups is 1. The summed E-state index contributed by atoms with van der Waals surface area (Å²) < 4.78 is 0. The number of rotatable bonds is 14. The van der Waals surface area contributed by atoms with Crippen LogP contribution in [0.1, 0.15) is 35.4 Å². The number of carbonyl (C=O) groups is 3. The van der Waals surface area contributed by atoms with Crippen molar-refractivity contribution in [3.63, 3.8) is 0 Å². The molecular formula is C24H33N9O4. The number of nitrogen functional groups attached to an aromatic ring is 1. The molecule has 0 radical (unpaired) electrons. The predicted octanol–water partition coefficient (Wildman–Crippen LogP) is -1.81. The molecule has 0 aliphatic carbocycles. The molecule has 1 aromatic carbocycles. The van der Waals surface area contributed by atoms with Gasteiger partial charge in [-0.2, -0.15) is 0 Å². The summed E-state index contributed by atoms with van der Waals surface area (Å²) in [5.41, 5.74) is 23.4. The number of amidine groups is 1. The number of nitrogens with two attached hydrogens (primary N) is 4. The second-order valence-electron chi connectivity index (χ2n) is 8.31. The van der Waals surface area contributed by atoms with Crippen LogP contribution in [0.3, 0.4) is 0 Å². The van der Waals surface area contributed by atoms with Gasteiger partial charge in [0.2, 0.25) is 17.7 Å². The van der Waals surface area contributed by atoms with Gasteiger partial charge in [0.05, 0.1) is 12.5 Å². The summed E-state index contributed by atoms with van der Waals surface area (Å²) in [6, 6.07) is 7.91. The number of aliphatic hydroxyl groups is 1. The van der Waals surface area contributed by atoms with E-state index in [1.54, 1.807) is 48.8 Å². The maximum Gasteiger partial charge on any atom is 0.245 e. The number of aliphatic imine (C=N–C) groups is 1. The van der Waals surface area contributed by atoms with E-state index in [1.807, 2.05) is 0 Å². The Morgan fingerprint density at radius 2 is 1.68 bits per heavy atom. The highest BCUT2D eigenvalue weighted by Gasteiger charge is 2.29. The number of benzene rings is 1. The average molecular weight is 512 g/mol. The summed E-state index contributed by atoms with van der Waals surface area (Å²) >= 11 is 0. The molecule has 1 unspecified atom stereocenters. The van der Waals surface area contributed by atoms with Crippen LogP contribution in [0.15, 0.2) is 53.8 Å². The van der Waals surface area contributed by atoms with Gasteiger partial charge in [-0.05, 0) is 36.5 Å². The normalized spacial score (nSPS) is 13.0. The van der Waals surface area contributed by atoms with Gasteiger partial charge in [0.25, 0.3) is 0 Å². The molecule has 1 aromatic heterocycles. The van der Waals surface area contributed by atoms with Crippen LogP contribution in [0.25, 0.3) is 0 Å². The number of aromatic nitrogens is 1. The fourth-order valence-electron chi connectivity index (χ4n) is 3.53. The van der Waals surface area contributed by atoms with Crippen LogP contribution in [-0.2, 0) is 20.8 Å². The minimum absolute atomic E-state index is 0.0737. The lowest BCUT2D eigenvalue weighted by Crippen LogP contribution is -2.55. The van der Waals surface area contributed by atoms with Crippen LogP contribution in [0.4, 0.5) is 0 Å². The van der Waals surface area contributed by atoms with Crippen molar-refractivity contribution in [3.8, 4) is 0 Å². The molecule has 0 saturated carbocycles. The Labute approximate surface area is 214 Å². The Kier molecular flexibility index (Phi) is 11.0. The Morgan fingerprint density at radius 1 is 1.00 bits per heavy atom. The summed E-state index contributed by atoms with van der Waals surface area (Å²) in [7, 11) is 0. The Balaban J connectivity index is 2.13. The lowest BCUT2D eigenvalue weighted by atomic mass is 9.91. The van der Waals surface area contributed by atoms with E-state index >= 15 is 0 Å². The molecule has 0 saturated heterocycles. The summed E-state index contributed by atoms with van der Waals surface area (Å²) in [6.45, 7) is -0.466. The SMILES string of the molecule is N=C(N)c1ccc(C[C@H](C(=O)N[C@@H](CO)C(=O)NC(CCCN=C(N)N)C(N)=O)c2cccnc2)cc1. The van der Waals surface area contributed by atoms with E-state index in [0.717, 1.165) is 5.56 Å². The number of aliphatic hydroxyl groups excluding tert-OH is 1. The minimum atomic E-state index is -1.33. The maximum absolute atomic E-state index is 13.3. The molecule has 13 nitrogen and oxygen atoms in total. The molecule has 3 atom stereocenters. The minimum Gasteiger partial charge on any atom is -0.394 e. The van der Waals surface area contributed by atoms with Gasteiger partial charge >= 0.3 is 0 Å². The largest absolute Gasteiger partial charge is 0.394 e. The van der Waals surface area contributed by atoms with Crippen molar-refractivity contribution in [2.75, 3.05) is 13.2 Å². The monoisotopic (exact) mass is 511 g/mol. The van der Waals surface area contributed by atoms with Crippen molar-refractivity contribution in [1.29, 1.82) is 5.41 Å². The second-order valence-corrected chi connectivity index (χ2v) is 8.31.